The van der Waals surface area contributed by atoms with Crippen LogP contribution in [-0.2, 0) is 6.42 Å². The van der Waals surface area contributed by atoms with Crippen molar-refractivity contribution >= 4 is 5.69 Å². The van der Waals surface area contributed by atoms with Gasteiger partial charge in [-0.3, -0.25) is 0 Å². The summed E-state index contributed by atoms with van der Waals surface area (Å²) < 4.78 is 0. The van der Waals surface area contributed by atoms with Crippen molar-refractivity contribution in [3.8, 4) is 5.75 Å². The molecular weight excluding hydrogens is 260 g/mol. The lowest BCUT2D eigenvalue weighted by molar-refractivity contribution is 0.338. The molecule has 1 aliphatic rings. The topological polar surface area (TPSA) is 49.5 Å². The van der Waals surface area contributed by atoms with E-state index in [9.17, 15) is 5.11 Å². The van der Waals surface area contributed by atoms with Crippen LogP contribution in [0.1, 0.15) is 28.2 Å². The highest BCUT2D eigenvalue weighted by atomic mass is 16.3. The van der Waals surface area contributed by atoms with Gasteiger partial charge in [0.2, 0.25) is 0 Å². The van der Waals surface area contributed by atoms with Crippen LogP contribution >= 0.6 is 0 Å². The first-order valence-corrected chi connectivity index (χ1v) is 7.42. The third-order valence-electron chi connectivity index (χ3n) is 4.59. The van der Waals surface area contributed by atoms with Crippen LogP contribution in [0.5, 0.6) is 5.75 Å². The molecule has 0 radical (unpaired) electrons. The number of fused-ring (bicyclic) bond motifs is 1. The first-order chi connectivity index (χ1) is 10.1. The van der Waals surface area contributed by atoms with Crippen molar-refractivity contribution in [1.29, 1.82) is 0 Å². The molecule has 1 atom stereocenters. The predicted octanol–water partition coefficient (Wildman–Crippen LogP) is 2.90. The number of likely N-dealkylation sites (N-methyl/N-ethyl adjacent to an activating group) is 1. The van der Waals surface area contributed by atoms with Gasteiger partial charge in [0, 0.05) is 19.0 Å². The molecule has 0 bridgehead atoms. The number of benzene rings is 2. The van der Waals surface area contributed by atoms with E-state index in [4.69, 9.17) is 5.73 Å². The highest BCUT2D eigenvalue weighted by molar-refractivity contribution is 5.64. The molecule has 21 heavy (non-hydrogen) atoms. The van der Waals surface area contributed by atoms with E-state index >= 15 is 0 Å². The summed E-state index contributed by atoms with van der Waals surface area (Å²) in [5, 5.41) is 10.1. The highest BCUT2D eigenvalue weighted by Gasteiger charge is 2.25. The van der Waals surface area contributed by atoms with E-state index in [1.54, 1.807) is 0 Å². The van der Waals surface area contributed by atoms with Gasteiger partial charge in [-0.25, -0.2) is 0 Å². The lowest BCUT2D eigenvalue weighted by Crippen LogP contribution is -2.24. The smallest absolute Gasteiger partial charge is 0.139 e. The van der Waals surface area contributed by atoms with Crippen molar-refractivity contribution in [3.05, 3.63) is 58.7 Å². The lowest BCUT2D eigenvalue weighted by atomic mass is 9.85. The van der Waals surface area contributed by atoms with Crippen LogP contribution in [0.3, 0.4) is 0 Å². The van der Waals surface area contributed by atoms with Gasteiger partial charge in [0.05, 0.1) is 5.69 Å². The number of nitrogen functional groups attached to an aromatic ring is 1. The van der Waals surface area contributed by atoms with Crippen LogP contribution in [-0.4, -0.2) is 30.1 Å². The Bertz CT molecular complexity index is 652. The molecule has 1 aliphatic heterocycles. The van der Waals surface area contributed by atoms with Crippen molar-refractivity contribution in [2.45, 2.75) is 19.3 Å². The van der Waals surface area contributed by atoms with Gasteiger partial charge in [0.25, 0.3) is 0 Å². The minimum absolute atomic E-state index is 0.205. The van der Waals surface area contributed by atoms with Gasteiger partial charge in [-0.1, -0.05) is 30.3 Å². The van der Waals surface area contributed by atoms with Crippen LogP contribution in [0, 0.1) is 6.92 Å². The minimum atomic E-state index is 0.205. The van der Waals surface area contributed by atoms with Gasteiger partial charge < -0.3 is 15.7 Å². The molecule has 1 heterocycles. The van der Waals surface area contributed by atoms with E-state index in [-0.39, 0.29) is 11.7 Å². The monoisotopic (exact) mass is 282 g/mol. The number of phenolic OH excluding ortho intramolecular Hbond substituents is 1. The summed E-state index contributed by atoms with van der Waals surface area (Å²) in [7, 11) is 2.15. The molecule has 0 aliphatic carbocycles. The Morgan fingerprint density at radius 3 is 2.67 bits per heavy atom. The maximum absolute atomic E-state index is 10.1. The van der Waals surface area contributed by atoms with Crippen LogP contribution in [0.2, 0.25) is 0 Å². The Hall–Kier alpha value is -2.00. The van der Waals surface area contributed by atoms with Gasteiger partial charge >= 0.3 is 0 Å². The molecule has 0 spiro atoms. The zero-order valence-corrected chi connectivity index (χ0v) is 12.6. The molecule has 0 saturated heterocycles. The molecule has 110 valence electrons. The van der Waals surface area contributed by atoms with E-state index in [0.29, 0.717) is 5.69 Å². The Morgan fingerprint density at radius 2 is 1.95 bits per heavy atom. The molecule has 3 rings (SSSR count). The van der Waals surface area contributed by atoms with Crippen molar-refractivity contribution < 1.29 is 5.11 Å². The maximum Gasteiger partial charge on any atom is 0.139 e. The molecule has 3 heteroatoms. The summed E-state index contributed by atoms with van der Waals surface area (Å²) >= 11 is 0. The van der Waals surface area contributed by atoms with Gasteiger partial charge in [-0.05, 0) is 48.7 Å². The molecule has 2 aromatic rings. The second kappa shape index (κ2) is 5.41. The van der Waals surface area contributed by atoms with Crippen LogP contribution in [0.25, 0.3) is 0 Å². The summed E-state index contributed by atoms with van der Waals surface area (Å²) in [6.07, 6.45) is 0.978. The second-order valence-corrected chi connectivity index (χ2v) is 5.98. The molecule has 0 aromatic heterocycles. The van der Waals surface area contributed by atoms with Crippen molar-refractivity contribution in [2.75, 3.05) is 25.9 Å². The fourth-order valence-electron chi connectivity index (χ4n) is 3.30. The Kier molecular flexibility index (Phi) is 3.60. The highest BCUT2D eigenvalue weighted by Crippen LogP contribution is 2.38. The fraction of sp³-hybridized carbons (Fsp3) is 0.333. The molecule has 1 unspecified atom stereocenters. The Labute approximate surface area is 126 Å². The Balaban J connectivity index is 2.18. The molecule has 3 nitrogen and oxygen atoms in total. The quantitative estimate of drug-likeness (QED) is 0.624. The Morgan fingerprint density at radius 1 is 1.24 bits per heavy atom. The second-order valence-electron chi connectivity index (χ2n) is 5.98. The van der Waals surface area contributed by atoms with Crippen LogP contribution < -0.4 is 5.73 Å². The number of hydrogen-bond donors (Lipinski definition) is 2. The maximum atomic E-state index is 10.1. The standard InChI is InChI=1S/C18H22N2O/c1-12-14-8-9-20(2)11-16(13-6-4-3-5-7-13)15(14)10-17(21)18(12)19/h3-7,10,16,21H,8-9,11,19H2,1-2H3. The summed E-state index contributed by atoms with van der Waals surface area (Å²) in [6.45, 7) is 3.99. The number of aromatic hydroxyl groups is 1. The molecule has 0 amide bonds. The molecule has 0 saturated carbocycles. The largest absolute Gasteiger partial charge is 0.506 e. The normalized spacial score (nSPS) is 19.0. The first-order valence-electron chi connectivity index (χ1n) is 7.42. The minimum Gasteiger partial charge on any atom is -0.506 e. The van der Waals surface area contributed by atoms with E-state index in [2.05, 4.69) is 36.2 Å². The zero-order valence-electron chi connectivity index (χ0n) is 12.6. The summed E-state index contributed by atoms with van der Waals surface area (Å²) in [5.74, 6) is 0.482. The molecular formula is C18H22N2O. The van der Waals surface area contributed by atoms with E-state index in [1.807, 2.05) is 19.1 Å². The number of rotatable bonds is 1. The molecule has 3 N–H and O–H groups in total. The third-order valence-corrected chi connectivity index (χ3v) is 4.59. The summed E-state index contributed by atoms with van der Waals surface area (Å²) in [4.78, 5) is 2.35. The average molecular weight is 282 g/mol. The fourth-order valence-corrected chi connectivity index (χ4v) is 3.30. The van der Waals surface area contributed by atoms with E-state index < -0.39 is 0 Å². The van der Waals surface area contributed by atoms with Crippen molar-refractivity contribution in [3.63, 3.8) is 0 Å². The van der Waals surface area contributed by atoms with Crippen LogP contribution in [0.4, 0.5) is 5.69 Å². The first kappa shape index (κ1) is 14.0. The molecule has 0 fully saturated rings. The number of nitrogens with two attached hydrogens (primary N) is 1. The zero-order chi connectivity index (χ0) is 15.0. The van der Waals surface area contributed by atoms with Gasteiger partial charge in [0.15, 0.2) is 0 Å². The van der Waals surface area contributed by atoms with E-state index in [0.717, 1.165) is 25.1 Å². The van der Waals surface area contributed by atoms with Crippen LogP contribution in [0.15, 0.2) is 36.4 Å². The lowest BCUT2D eigenvalue weighted by Gasteiger charge is -2.23. The van der Waals surface area contributed by atoms with E-state index in [1.165, 1.54) is 16.7 Å². The summed E-state index contributed by atoms with van der Waals surface area (Å²) in [6, 6.07) is 12.4. The van der Waals surface area contributed by atoms with Gasteiger partial charge in [-0.2, -0.15) is 0 Å². The van der Waals surface area contributed by atoms with Gasteiger partial charge in [0.1, 0.15) is 5.75 Å². The predicted molar refractivity (Wildman–Crippen MR) is 86.7 cm³/mol. The SMILES string of the molecule is Cc1c(N)c(O)cc2c1CCN(C)CC2c1ccccc1. The number of phenols is 1. The summed E-state index contributed by atoms with van der Waals surface area (Å²) in [5.41, 5.74) is 11.4. The number of hydrogen-bond acceptors (Lipinski definition) is 3. The van der Waals surface area contributed by atoms with Gasteiger partial charge in [-0.15, -0.1) is 0 Å². The third kappa shape index (κ3) is 2.49. The average Bonchev–Trinajstić information content (AvgIpc) is 2.65. The molecule has 2 aromatic carbocycles. The number of nitrogens with zero attached hydrogens (tertiary/aromatic N) is 1. The van der Waals surface area contributed by atoms with Crippen molar-refractivity contribution in [2.24, 2.45) is 0 Å². The number of anilines is 1. The van der Waals surface area contributed by atoms with Crippen molar-refractivity contribution in [1.82, 2.24) is 4.90 Å².